The molecular weight excluding hydrogens is 230 g/mol. The number of carbonyl (C=O) groups excluding carboxylic acids is 2. The van der Waals surface area contributed by atoms with Gasteiger partial charge in [0, 0.05) is 12.5 Å². The Hall–Kier alpha value is -1.84. The minimum Gasteiger partial charge on any atom is -0.465 e. The zero-order valence-corrected chi connectivity index (χ0v) is 10.4. The third kappa shape index (κ3) is 2.53. The minimum atomic E-state index is -0.721. The number of benzene rings is 1. The number of nitrogens with one attached hydrogen (secondary N) is 1. The van der Waals surface area contributed by atoms with E-state index in [4.69, 9.17) is 4.74 Å². The van der Waals surface area contributed by atoms with Gasteiger partial charge in [0.05, 0.1) is 6.61 Å². The van der Waals surface area contributed by atoms with Crippen molar-refractivity contribution in [2.24, 2.45) is 5.92 Å². The maximum Gasteiger partial charge on any atom is 0.319 e. The summed E-state index contributed by atoms with van der Waals surface area (Å²) in [5.74, 6) is -1.46. The number of rotatable bonds is 3. The van der Waals surface area contributed by atoms with E-state index in [1.54, 1.807) is 6.92 Å². The second-order valence-electron chi connectivity index (χ2n) is 4.33. The lowest BCUT2D eigenvalue weighted by Gasteiger charge is -2.29. The monoisotopic (exact) mass is 247 g/mol. The number of esters is 1. The van der Waals surface area contributed by atoms with Crippen LogP contribution in [0, 0.1) is 5.92 Å². The standard InChI is InChI=1S/C14H17NO3/c1-2-18-14(17)12-11(8-9-15-13(12)16)10-6-4-3-5-7-10/h3-7,11-12H,2,8-9H2,1H3,(H,15,16). The number of ether oxygens (including phenoxy) is 1. The molecule has 1 saturated heterocycles. The van der Waals surface area contributed by atoms with Gasteiger partial charge in [-0.15, -0.1) is 0 Å². The first-order valence-corrected chi connectivity index (χ1v) is 6.23. The molecule has 96 valence electrons. The van der Waals surface area contributed by atoms with E-state index >= 15 is 0 Å². The van der Waals surface area contributed by atoms with Crippen molar-refractivity contribution in [2.75, 3.05) is 13.2 Å². The van der Waals surface area contributed by atoms with E-state index in [2.05, 4.69) is 5.32 Å². The van der Waals surface area contributed by atoms with Crippen molar-refractivity contribution in [1.29, 1.82) is 0 Å². The van der Waals surface area contributed by atoms with Gasteiger partial charge in [0.2, 0.25) is 5.91 Å². The molecule has 2 unspecified atom stereocenters. The fraction of sp³-hybridized carbons (Fsp3) is 0.429. The van der Waals surface area contributed by atoms with Gasteiger partial charge in [-0.3, -0.25) is 9.59 Å². The van der Waals surface area contributed by atoms with Gasteiger partial charge in [0.25, 0.3) is 0 Å². The Kier molecular flexibility index (Phi) is 3.97. The lowest BCUT2D eigenvalue weighted by Crippen LogP contribution is -2.45. The van der Waals surface area contributed by atoms with Gasteiger partial charge in [-0.05, 0) is 18.9 Å². The van der Waals surface area contributed by atoms with Crippen molar-refractivity contribution in [3.05, 3.63) is 35.9 Å². The van der Waals surface area contributed by atoms with E-state index in [-0.39, 0.29) is 11.8 Å². The summed E-state index contributed by atoms with van der Waals surface area (Å²) in [6.45, 7) is 2.65. The number of amides is 1. The Morgan fingerprint density at radius 1 is 1.39 bits per heavy atom. The molecule has 1 fully saturated rings. The van der Waals surface area contributed by atoms with Crippen molar-refractivity contribution in [3.8, 4) is 0 Å². The Morgan fingerprint density at radius 3 is 2.78 bits per heavy atom. The number of piperidine rings is 1. The minimum absolute atomic E-state index is 0.0843. The highest BCUT2D eigenvalue weighted by molar-refractivity contribution is 5.99. The summed E-state index contributed by atoms with van der Waals surface area (Å²) in [6.07, 6.45) is 0.763. The van der Waals surface area contributed by atoms with Crippen LogP contribution in [0.5, 0.6) is 0 Å². The van der Waals surface area contributed by atoms with Gasteiger partial charge in [0.15, 0.2) is 0 Å². The van der Waals surface area contributed by atoms with Crippen LogP contribution in [0.25, 0.3) is 0 Å². The maximum absolute atomic E-state index is 11.9. The highest BCUT2D eigenvalue weighted by Gasteiger charge is 2.39. The molecule has 1 aliphatic heterocycles. The summed E-state index contributed by atoms with van der Waals surface area (Å²) < 4.78 is 5.00. The highest BCUT2D eigenvalue weighted by Crippen LogP contribution is 2.31. The van der Waals surface area contributed by atoms with Crippen molar-refractivity contribution >= 4 is 11.9 Å². The van der Waals surface area contributed by atoms with Crippen molar-refractivity contribution < 1.29 is 14.3 Å². The lowest BCUT2D eigenvalue weighted by molar-refractivity contribution is -0.154. The van der Waals surface area contributed by atoms with Crippen molar-refractivity contribution in [3.63, 3.8) is 0 Å². The molecule has 2 rings (SSSR count). The SMILES string of the molecule is CCOC(=O)C1C(=O)NCCC1c1ccccc1. The topological polar surface area (TPSA) is 55.4 Å². The largest absolute Gasteiger partial charge is 0.465 e. The summed E-state index contributed by atoms with van der Waals surface area (Å²) in [4.78, 5) is 23.8. The fourth-order valence-electron chi connectivity index (χ4n) is 2.37. The predicted octanol–water partition coefficient (Wildman–Crippen LogP) is 1.47. The molecule has 0 aliphatic carbocycles. The molecule has 0 bridgehead atoms. The van der Waals surface area contributed by atoms with Crippen LogP contribution in [-0.4, -0.2) is 25.0 Å². The second kappa shape index (κ2) is 5.67. The van der Waals surface area contributed by atoms with Crippen molar-refractivity contribution in [1.82, 2.24) is 5.32 Å². The Bertz CT molecular complexity index is 430. The number of carbonyl (C=O) groups is 2. The van der Waals surface area contributed by atoms with Crippen LogP contribution < -0.4 is 5.32 Å². The van der Waals surface area contributed by atoms with Crippen LogP contribution in [0.1, 0.15) is 24.8 Å². The first-order valence-electron chi connectivity index (χ1n) is 6.23. The zero-order chi connectivity index (χ0) is 13.0. The Morgan fingerprint density at radius 2 is 2.11 bits per heavy atom. The van der Waals surface area contributed by atoms with E-state index in [0.29, 0.717) is 13.2 Å². The molecule has 4 heteroatoms. The molecule has 18 heavy (non-hydrogen) atoms. The van der Waals surface area contributed by atoms with Crippen molar-refractivity contribution in [2.45, 2.75) is 19.3 Å². The molecule has 0 aromatic heterocycles. The van der Waals surface area contributed by atoms with E-state index < -0.39 is 11.9 Å². The molecule has 4 nitrogen and oxygen atoms in total. The van der Waals surface area contributed by atoms with E-state index in [9.17, 15) is 9.59 Å². The summed E-state index contributed by atoms with van der Waals surface area (Å²) >= 11 is 0. The average molecular weight is 247 g/mol. The summed E-state index contributed by atoms with van der Waals surface area (Å²) in [6, 6.07) is 9.67. The van der Waals surface area contributed by atoms with Crippen LogP contribution in [0.3, 0.4) is 0 Å². The molecule has 1 amide bonds. The normalized spacial score (nSPS) is 23.3. The van der Waals surface area contributed by atoms with Gasteiger partial charge in [0.1, 0.15) is 5.92 Å². The Balaban J connectivity index is 2.25. The van der Waals surface area contributed by atoms with E-state index in [0.717, 1.165) is 12.0 Å². The van der Waals surface area contributed by atoms with Gasteiger partial charge < -0.3 is 10.1 Å². The summed E-state index contributed by atoms with van der Waals surface area (Å²) in [5.41, 5.74) is 1.02. The lowest BCUT2D eigenvalue weighted by atomic mass is 9.80. The Labute approximate surface area is 106 Å². The van der Waals surface area contributed by atoms with Gasteiger partial charge >= 0.3 is 5.97 Å². The zero-order valence-electron chi connectivity index (χ0n) is 10.4. The van der Waals surface area contributed by atoms with Crippen LogP contribution in [0.15, 0.2) is 30.3 Å². The van der Waals surface area contributed by atoms with Crippen LogP contribution in [0.4, 0.5) is 0 Å². The maximum atomic E-state index is 11.9. The molecule has 1 aromatic rings. The van der Waals surface area contributed by atoms with Crippen LogP contribution in [-0.2, 0) is 14.3 Å². The smallest absolute Gasteiger partial charge is 0.319 e. The van der Waals surface area contributed by atoms with Gasteiger partial charge in [-0.1, -0.05) is 30.3 Å². The van der Waals surface area contributed by atoms with E-state index in [1.165, 1.54) is 0 Å². The van der Waals surface area contributed by atoms with Gasteiger partial charge in [-0.2, -0.15) is 0 Å². The summed E-state index contributed by atoms with van der Waals surface area (Å²) in [7, 11) is 0. The summed E-state index contributed by atoms with van der Waals surface area (Å²) in [5, 5.41) is 2.73. The first kappa shape index (κ1) is 12.6. The average Bonchev–Trinajstić information content (AvgIpc) is 2.39. The molecular formula is C14H17NO3. The fourth-order valence-corrected chi connectivity index (χ4v) is 2.37. The van der Waals surface area contributed by atoms with Crippen LogP contribution in [0.2, 0.25) is 0 Å². The quantitative estimate of drug-likeness (QED) is 0.650. The first-order chi connectivity index (χ1) is 8.74. The molecule has 1 aromatic carbocycles. The molecule has 2 atom stereocenters. The molecule has 1 N–H and O–H groups in total. The molecule has 1 heterocycles. The third-order valence-corrected chi connectivity index (χ3v) is 3.21. The predicted molar refractivity (Wildman–Crippen MR) is 66.9 cm³/mol. The van der Waals surface area contributed by atoms with Crippen LogP contribution >= 0.6 is 0 Å². The number of hydrogen-bond acceptors (Lipinski definition) is 3. The molecule has 0 saturated carbocycles. The van der Waals surface area contributed by atoms with Gasteiger partial charge in [-0.25, -0.2) is 0 Å². The third-order valence-electron chi connectivity index (χ3n) is 3.21. The second-order valence-corrected chi connectivity index (χ2v) is 4.33. The molecule has 0 spiro atoms. The highest BCUT2D eigenvalue weighted by atomic mass is 16.5. The molecule has 0 radical (unpaired) electrons. The van der Waals surface area contributed by atoms with E-state index in [1.807, 2.05) is 30.3 Å². The molecule has 1 aliphatic rings. The number of hydrogen-bond donors (Lipinski definition) is 1.